The summed E-state index contributed by atoms with van der Waals surface area (Å²) in [6.45, 7) is 2.86. The summed E-state index contributed by atoms with van der Waals surface area (Å²) in [7, 11) is 1.66. The Labute approximate surface area is 166 Å². The SMILES string of the molecule is CN(CC(=O)O)CC(=O)N1CCN(C(c2ccccc2)c2ccccc2)CC1. The van der Waals surface area contributed by atoms with Crippen LogP contribution in [0.1, 0.15) is 17.2 Å². The monoisotopic (exact) mass is 381 g/mol. The van der Waals surface area contributed by atoms with E-state index in [1.54, 1.807) is 7.05 Å². The summed E-state index contributed by atoms with van der Waals surface area (Å²) in [6.07, 6.45) is 0. The summed E-state index contributed by atoms with van der Waals surface area (Å²) >= 11 is 0. The molecule has 6 nitrogen and oxygen atoms in total. The van der Waals surface area contributed by atoms with Crippen LogP contribution in [-0.2, 0) is 9.59 Å². The van der Waals surface area contributed by atoms with Crippen LogP contribution in [0.2, 0.25) is 0 Å². The minimum Gasteiger partial charge on any atom is -0.480 e. The molecule has 0 atom stereocenters. The van der Waals surface area contributed by atoms with E-state index in [-0.39, 0.29) is 25.0 Å². The molecule has 1 aliphatic rings. The first-order valence-electron chi connectivity index (χ1n) is 9.56. The van der Waals surface area contributed by atoms with E-state index in [0.29, 0.717) is 13.1 Å². The molecule has 6 heteroatoms. The van der Waals surface area contributed by atoms with Crippen molar-refractivity contribution in [2.45, 2.75) is 6.04 Å². The first kappa shape index (κ1) is 20.0. The number of aliphatic carboxylic acids is 1. The van der Waals surface area contributed by atoms with Gasteiger partial charge in [0.25, 0.3) is 0 Å². The van der Waals surface area contributed by atoms with Crippen molar-refractivity contribution in [3.8, 4) is 0 Å². The molecule has 2 aromatic carbocycles. The van der Waals surface area contributed by atoms with Gasteiger partial charge in [0.2, 0.25) is 5.91 Å². The van der Waals surface area contributed by atoms with Crippen LogP contribution in [0.25, 0.3) is 0 Å². The zero-order chi connectivity index (χ0) is 19.9. The van der Waals surface area contributed by atoms with Gasteiger partial charge in [0.1, 0.15) is 0 Å². The quantitative estimate of drug-likeness (QED) is 0.794. The van der Waals surface area contributed by atoms with Gasteiger partial charge in [-0.25, -0.2) is 0 Å². The second-order valence-corrected chi connectivity index (χ2v) is 7.21. The van der Waals surface area contributed by atoms with Gasteiger partial charge in [-0.15, -0.1) is 0 Å². The van der Waals surface area contributed by atoms with E-state index < -0.39 is 5.97 Å². The van der Waals surface area contributed by atoms with E-state index in [1.807, 2.05) is 17.0 Å². The van der Waals surface area contributed by atoms with Gasteiger partial charge >= 0.3 is 5.97 Å². The molecule has 28 heavy (non-hydrogen) atoms. The van der Waals surface area contributed by atoms with Gasteiger partial charge in [0.15, 0.2) is 0 Å². The average Bonchev–Trinajstić information content (AvgIpc) is 2.70. The molecule has 148 valence electrons. The fraction of sp³-hybridized carbons (Fsp3) is 0.364. The number of hydrogen-bond donors (Lipinski definition) is 1. The van der Waals surface area contributed by atoms with Crippen LogP contribution in [0.4, 0.5) is 0 Å². The summed E-state index contributed by atoms with van der Waals surface area (Å²) in [5, 5.41) is 8.85. The van der Waals surface area contributed by atoms with E-state index >= 15 is 0 Å². The van der Waals surface area contributed by atoms with E-state index in [2.05, 4.69) is 53.4 Å². The number of hydrogen-bond acceptors (Lipinski definition) is 4. The number of amides is 1. The Bertz CT molecular complexity index is 735. The van der Waals surface area contributed by atoms with Gasteiger partial charge < -0.3 is 10.0 Å². The number of carboxylic acid groups (broad SMARTS) is 1. The van der Waals surface area contributed by atoms with Crippen LogP contribution < -0.4 is 0 Å². The van der Waals surface area contributed by atoms with Crippen LogP contribution in [-0.4, -0.2) is 78.0 Å². The molecular formula is C22H27N3O3. The standard InChI is InChI=1S/C22H27N3O3/c1-23(17-21(27)28)16-20(26)24-12-14-25(15-13-24)22(18-8-4-2-5-9-18)19-10-6-3-7-11-19/h2-11,22H,12-17H2,1H3,(H,27,28). The second kappa shape index (κ2) is 9.48. The van der Waals surface area contributed by atoms with E-state index in [1.165, 1.54) is 16.0 Å². The number of carbonyl (C=O) groups is 2. The lowest BCUT2D eigenvalue weighted by Crippen LogP contribution is -2.52. The molecular weight excluding hydrogens is 354 g/mol. The first-order valence-corrected chi connectivity index (χ1v) is 9.56. The van der Waals surface area contributed by atoms with E-state index in [9.17, 15) is 9.59 Å². The average molecular weight is 381 g/mol. The van der Waals surface area contributed by atoms with Crippen molar-refractivity contribution in [3.05, 3.63) is 71.8 Å². The van der Waals surface area contributed by atoms with E-state index in [0.717, 1.165) is 13.1 Å². The summed E-state index contributed by atoms with van der Waals surface area (Å²) in [5.74, 6) is -0.937. The largest absolute Gasteiger partial charge is 0.480 e. The summed E-state index contributed by atoms with van der Waals surface area (Å²) in [4.78, 5) is 29.0. The number of carboxylic acids is 1. The molecule has 2 aromatic rings. The Hall–Kier alpha value is -2.70. The zero-order valence-corrected chi connectivity index (χ0v) is 16.2. The number of likely N-dealkylation sites (N-methyl/N-ethyl adjacent to an activating group) is 1. The summed E-state index contributed by atoms with van der Waals surface area (Å²) in [6, 6.07) is 21.0. The Kier molecular flexibility index (Phi) is 6.79. The molecule has 0 bridgehead atoms. The molecule has 3 rings (SSSR count). The summed E-state index contributed by atoms with van der Waals surface area (Å²) < 4.78 is 0. The molecule has 1 aliphatic heterocycles. The Morgan fingerprint density at radius 3 is 1.86 bits per heavy atom. The molecule has 0 unspecified atom stereocenters. The molecule has 0 radical (unpaired) electrons. The molecule has 1 heterocycles. The van der Waals surface area contributed by atoms with Crippen LogP contribution in [0.5, 0.6) is 0 Å². The van der Waals surface area contributed by atoms with Gasteiger partial charge in [0, 0.05) is 26.2 Å². The van der Waals surface area contributed by atoms with Crippen molar-refractivity contribution in [2.24, 2.45) is 0 Å². The van der Waals surface area contributed by atoms with Gasteiger partial charge in [-0.2, -0.15) is 0 Å². The Morgan fingerprint density at radius 1 is 0.893 bits per heavy atom. The molecule has 0 aliphatic carbocycles. The third-order valence-electron chi connectivity index (χ3n) is 5.07. The van der Waals surface area contributed by atoms with Crippen LogP contribution in [0.15, 0.2) is 60.7 Å². The zero-order valence-electron chi connectivity index (χ0n) is 16.2. The molecule has 0 saturated carbocycles. The molecule has 0 aromatic heterocycles. The summed E-state index contributed by atoms with van der Waals surface area (Å²) in [5.41, 5.74) is 2.49. The molecule has 1 fully saturated rings. The highest BCUT2D eigenvalue weighted by atomic mass is 16.4. The molecule has 1 amide bonds. The number of rotatable bonds is 7. The number of nitrogens with zero attached hydrogens (tertiary/aromatic N) is 3. The Morgan fingerprint density at radius 2 is 1.39 bits per heavy atom. The maximum atomic E-state index is 12.5. The first-order chi connectivity index (χ1) is 13.5. The van der Waals surface area contributed by atoms with Gasteiger partial charge in [0.05, 0.1) is 19.1 Å². The predicted molar refractivity (Wildman–Crippen MR) is 108 cm³/mol. The van der Waals surface area contributed by atoms with Crippen molar-refractivity contribution < 1.29 is 14.7 Å². The third kappa shape index (κ3) is 5.18. The van der Waals surface area contributed by atoms with Gasteiger partial charge in [-0.05, 0) is 18.2 Å². The Balaban J connectivity index is 1.66. The third-order valence-corrected chi connectivity index (χ3v) is 5.07. The highest BCUT2D eigenvalue weighted by molar-refractivity contribution is 5.79. The lowest BCUT2D eigenvalue weighted by atomic mass is 9.96. The van der Waals surface area contributed by atoms with Crippen molar-refractivity contribution in [2.75, 3.05) is 46.3 Å². The fourth-order valence-corrected chi connectivity index (χ4v) is 3.73. The molecule has 1 N–H and O–H groups in total. The number of carbonyl (C=O) groups excluding carboxylic acids is 1. The van der Waals surface area contributed by atoms with Crippen molar-refractivity contribution in [3.63, 3.8) is 0 Å². The van der Waals surface area contributed by atoms with Crippen LogP contribution in [0, 0.1) is 0 Å². The number of piperazine rings is 1. The topological polar surface area (TPSA) is 64.1 Å². The fourth-order valence-electron chi connectivity index (χ4n) is 3.73. The normalized spacial score (nSPS) is 15.2. The maximum absolute atomic E-state index is 12.5. The number of benzene rings is 2. The van der Waals surface area contributed by atoms with Crippen LogP contribution in [0.3, 0.4) is 0 Å². The van der Waals surface area contributed by atoms with Crippen molar-refractivity contribution in [1.82, 2.24) is 14.7 Å². The minimum atomic E-state index is -0.923. The second-order valence-electron chi connectivity index (χ2n) is 7.21. The van der Waals surface area contributed by atoms with Gasteiger partial charge in [-0.1, -0.05) is 60.7 Å². The van der Waals surface area contributed by atoms with Crippen molar-refractivity contribution >= 4 is 11.9 Å². The van der Waals surface area contributed by atoms with Crippen molar-refractivity contribution in [1.29, 1.82) is 0 Å². The highest BCUT2D eigenvalue weighted by Gasteiger charge is 2.28. The highest BCUT2D eigenvalue weighted by Crippen LogP contribution is 2.29. The molecule has 0 spiro atoms. The lowest BCUT2D eigenvalue weighted by Gasteiger charge is -2.40. The predicted octanol–water partition coefficient (Wildman–Crippen LogP) is 1.94. The maximum Gasteiger partial charge on any atom is 0.317 e. The smallest absolute Gasteiger partial charge is 0.317 e. The van der Waals surface area contributed by atoms with Gasteiger partial charge in [-0.3, -0.25) is 19.4 Å². The van der Waals surface area contributed by atoms with E-state index in [4.69, 9.17) is 5.11 Å². The lowest BCUT2D eigenvalue weighted by molar-refractivity contribution is -0.139. The molecule has 1 saturated heterocycles. The van der Waals surface area contributed by atoms with Crippen LogP contribution >= 0.6 is 0 Å². The minimum absolute atomic E-state index is 0.0145.